The van der Waals surface area contributed by atoms with Gasteiger partial charge in [0.15, 0.2) is 0 Å². The van der Waals surface area contributed by atoms with Gasteiger partial charge < -0.3 is 28.7 Å². The van der Waals surface area contributed by atoms with Crippen LogP contribution in [-0.4, -0.2) is 99.9 Å². The number of nitrogens with zero attached hydrogens (tertiary/aromatic N) is 2. The first-order chi connectivity index (χ1) is 32.6. The first-order valence-corrected chi connectivity index (χ1v) is 28.6. The van der Waals surface area contributed by atoms with Crippen LogP contribution in [0.2, 0.25) is 0 Å². The maximum Gasteiger partial charge on any atom is 0.306 e. The average Bonchev–Trinajstić information content (AvgIpc) is 3.30. The van der Waals surface area contributed by atoms with Gasteiger partial charge in [0, 0.05) is 40.9 Å². The summed E-state index contributed by atoms with van der Waals surface area (Å²) in [4.78, 5) is 57.1. The molecule has 0 aromatic carbocycles. The van der Waals surface area contributed by atoms with Gasteiger partial charge in [-0.1, -0.05) is 160 Å². The molecule has 2 rings (SSSR count). The largest absolute Gasteiger partial charge is 0.467 e. The second-order valence-corrected chi connectivity index (χ2v) is 22.5. The van der Waals surface area contributed by atoms with Crippen LogP contribution in [0.4, 0.5) is 0 Å². The highest BCUT2D eigenvalue weighted by Crippen LogP contribution is 2.66. The van der Waals surface area contributed by atoms with Crippen molar-refractivity contribution in [3.63, 3.8) is 0 Å². The Morgan fingerprint density at radius 2 is 0.809 bits per heavy atom. The fraction of sp³-hybridized carbons (Fsp3) is 0.931. The zero-order valence-electron chi connectivity index (χ0n) is 46.6. The summed E-state index contributed by atoms with van der Waals surface area (Å²) in [6.45, 7) is 32.1. The lowest BCUT2D eigenvalue weighted by atomic mass is 9.44. The van der Waals surface area contributed by atoms with Crippen molar-refractivity contribution >= 4 is 24.4 Å². The molecule has 0 aliphatic heterocycles. The van der Waals surface area contributed by atoms with Crippen LogP contribution in [0, 0.1) is 33.5 Å². The highest BCUT2D eigenvalue weighted by Gasteiger charge is 2.61. The van der Waals surface area contributed by atoms with Gasteiger partial charge in [-0.05, 0) is 122 Å². The minimum Gasteiger partial charge on any atom is -0.467 e. The molecule has 2 saturated carbocycles. The summed E-state index contributed by atoms with van der Waals surface area (Å²) in [6.07, 6.45) is 26.2. The molecular weight excluding hydrogens is 853 g/mol. The third-order valence-corrected chi connectivity index (χ3v) is 15.4. The number of hydrogen-bond donors (Lipinski definition) is 0. The maximum absolute atomic E-state index is 13.8. The van der Waals surface area contributed by atoms with Crippen LogP contribution < -0.4 is 0 Å². The quantitative estimate of drug-likeness (QED) is 0.0255. The smallest absolute Gasteiger partial charge is 0.306 e. The summed E-state index contributed by atoms with van der Waals surface area (Å²) in [6, 6.07) is 0. The van der Waals surface area contributed by atoms with Crippen LogP contribution in [-0.2, 0) is 38.1 Å². The van der Waals surface area contributed by atoms with E-state index in [4.69, 9.17) is 18.9 Å². The molecule has 0 N–H and O–H groups in total. The Kier molecular flexibility index (Phi) is 34.4. The average molecular weight is 964 g/mol. The van der Waals surface area contributed by atoms with Gasteiger partial charge in [0.1, 0.15) is 0 Å². The van der Waals surface area contributed by atoms with Gasteiger partial charge >= 0.3 is 17.9 Å². The second-order valence-electron chi connectivity index (χ2n) is 22.5. The predicted molar refractivity (Wildman–Crippen MR) is 282 cm³/mol. The van der Waals surface area contributed by atoms with Gasteiger partial charge in [-0.3, -0.25) is 19.2 Å². The highest BCUT2D eigenvalue weighted by atomic mass is 16.5. The van der Waals surface area contributed by atoms with Crippen LogP contribution in [0.3, 0.4) is 0 Å². The monoisotopic (exact) mass is 963 g/mol. The van der Waals surface area contributed by atoms with E-state index < -0.39 is 21.7 Å². The molecule has 0 saturated heterocycles. The minimum absolute atomic E-state index is 0.129. The first-order valence-electron chi connectivity index (χ1n) is 28.6. The number of rotatable bonds is 40. The number of hydrogen-bond acceptors (Lipinski definition) is 10. The van der Waals surface area contributed by atoms with E-state index in [1.165, 1.54) is 58.2 Å². The molecule has 2 aliphatic rings. The fourth-order valence-corrected chi connectivity index (χ4v) is 12.4. The van der Waals surface area contributed by atoms with Gasteiger partial charge in [0.2, 0.25) is 0 Å². The number of carbonyl (C=O) groups excluding carboxylic acids is 4. The normalized spacial score (nSPS) is 22.3. The zero-order chi connectivity index (χ0) is 50.7. The molecule has 4 unspecified atom stereocenters. The van der Waals surface area contributed by atoms with Crippen molar-refractivity contribution in [2.75, 3.05) is 65.7 Å². The van der Waals surface area contributed by atoms with Crippen molar-refractivity contribution in [1.29, 1.82) is 0 Å². The molecule has 10 heteroatoms. The molecule has 2 bridgehead atoms. The van der Waals surface area contributed by atoms with Crippen molar-refractivity contribution in [3.05, 3.63) is 0 Å². The van der Waals surface area contributed by atoms with Crippen molar-refractivity contribution in [3.8, 4) is 0 Å². The van der Waals surface area contributed by atoms with E-state index in [0.717, 1.165) is 110 Å². The number of fused-ring (bicyclic) bond motifs is 2. The van der Waals surface area contributed by atoms with Gasteiger partial charge in [0.05, 0.1) is 26.4 Å². The summed E-state index contributed by atoms with van der Waals surface area (Å²) in [5.41, 5.74) is -1.77. The maximum atomic E-state index is 13.8. The van der Waals surface area contributed by atoms with E-state index in [2.05, 4.69) is 86.0 Å². The van der Waals surface area contributed by atoms with Crippen molar-refractivity contribution in [1.82, 2.24) is 9.80 Å². The van der Waals surface area contributed by atoms with Gasteiger partial charge in [-0.25, -0.2) is 0 Å². The molecule has 0 amide bonds. The molecule has 400 valence electrons. The molecule has 4 atom stereocenters. The number of esters is 3. The summed E-state index contributed by atoms with van der Waals surface area (Å²) in [5, 5.41) is 0. The van der Waals surface area contributed by atoms with Gasteiger partial charge in [-0.2, -0.15) is 0 Å². The summed E-state index contributed by atoms with van der Waals surface area (Å²) in [5.74, 6) is 0.182. The SMILES string of the molecule is CCCCCC(CCCCC)CC(=O)OCC1(C)CC2(COC(=O)CCCN(CC)CC)CC(C)(COC=O)CC(COC(=O)CC(CCCCC)CCCCC)(C1)C2.CCCCN(CC)CC. The lowest BCUT2D eigenvalue weighted by molar-refractivity contribution is -0.195. The standard InChI is InChI=1S/C50H91NO8.C8H19N/c1-9-15-19-24-42(25-20-16-10-2)30-45(54)57-38-48(8)34-49(39-58-44(53)28-23-29-51(13-5)14-6)32-47(7,37-56-41-52)33-50(35-48,36-49)40-59-46(55)31-43(26-21-17-11-3)27-22-18-12-4;1-4-7-8-9(5-2)6-3/h41-43H,9-40H2,1-8H3;4-8H2,1-3H3. The highest BCUT2D eigenvalue weighted by molar-refractivity contribution is 5.70. The van der Waals surface area contributed by atoms with Crippen molar-refractivity contribution < 1.29 is 38.1 Å². The van der Waals surface area contributed by atoms with Gasteiger partial charge in [0.25, 0.3) is 6.47 Å². The number of carbonyl (C=O) groups is 4. The predicted octanol–water partition coefficient (Wildman–Crippen LogP) is 14.3. The Bertz CT molecular complexity index is 1300. The molecule has 2 aliphatic carbocycles. The van der Waals surface area contributed by atoms with E-state index in [1.54, 1.807) is 0 Å². The van der Waals surface area contributed by atoms with Crippen LogP contribution in [0.5, 0.6) is 0 Å². The molecule has 0 heterocycles. The molecule has 0 aromatic rings. The molecular formula is C58H110N2O8. The fourth-order valence-electron chi connectivity index (χ4n) is 12.4. The molecule has 2 fully saturated rings. The Morgan fingerprint density at radius 1 is 0.456 bits per heavy atom. The third kappa shape index (κ3) is 26.9. The first kappa shape index (κ1) is 63.8. The lowest BCUT2D eigenvalue weighted by Crippen LogP contribution is -2.58. The number of ether oxygens (including phenoxy) is 4. The summed E-state index contributed by atoms with van der Waals surface area (Å²) < 4.78 is 24.3. The Balaban J connectivity index is 0.00000231. The molecule has 10 nitrogen and oxygen atoms in total. The third-order valence-electron chi connectivity index (χ3n) is 15.4. The topological polar surface area (TPSA) is 112 Å². The van der Waals surface area contributed by atoms with Crippen molar-refractivity contribution in [2.24, 2.45) is 33.5 Å². The Hall–Kier alpha value is -2.20. The van der Waals surface area contributed by atoms with Gasteiger partial charge in [-0.15, -0.1) is 0 Å². The van der Waals surface area contributed by atoms with Crippen molar-refractivity contribution in [2.45, 2.75) is 250 Å². The number of unbranched alkanes of at least 4 members (excludes halogenated alkanes) is 9. The minimum atomic E-state index is -0.467. The summed E-state index contributed by atoms with van der Waals surface area (Å²) >= 11 is 0. The van der Waals surface area contributed by atoms with E-state index in [9.17, 15) is 19.2 Å². The summed E-state index contributed by atoms with van der Waals surface area (Å²) in [7, 11) is 0. The lowest BCUT2D eigenvalue weighted by Gasteiger charge is -2.62. The van der Waals surface area contributed by atoms with Crippen LogP contribution in [0.25, 0.3) is 0 Å². The molecule has 0 spiro atoms. The van der Waals surface area contributed by atoms with Crippen LogP contribution >= 0.6 is 0 Å². The van der Waals surface area contributed by atoms with Crippen LogP contribution in [0.1, 0.15) is 250 Å². The second kappa shape index (κ2) is 36.7. The molecule has 68 heavy (non-hydrogen) atoms. The zero-order valence-corrected chi connectivity index (χ0v) is 46.6. The van der Waals surface area contributed by atoms with E-state index >= 15 is 0 Å². The Labute approximate surface area is 419 Å². The molecule has 0 aromatic heterocycles. The van der Waals surface area contributed by atoms with E-state index in [0.29, 0.717) is 63.3 Å². The molecule has 0 radical (unpaired) electrons. The Morgan fingerprint density at radius 3 is 1.18 bits per heavy atom. The van der Waals surface area contributed by atoms with E-state index in [1.807, 2.05) is 0 Å². The van der Waals surface area contributed by atoms with E-state index in [-0.39, 0.29) is 44.3 Å². The van der Waals surface area contributed by atoms with Crippen LogP contribution in [0.15, 0.2) is 0 Å².